The average Bonchev–Trinajstić information content (AvgIpc) is 3.19. The molecule has 0 aliphatic carbocycles. The van der Waals surface area contributed by atoms with Crippen LogP contribution < -0.4 is 14.4 Å². The minimum atomic E-state index is -0.287. The highest BCUT2D eigenvalue weighted by Gasteiger charge is 2.26. The van der Waals surface area contributed by atoms with Gasteiger partial charge in [0, 0.05) is 54.8 Å². The standard InChI is InChI=1S/C23H26ClN3O3/c24-17-4-5-19-16(13-25-20(19)12-17)6-7-26-8-10-27(11-9-26)21-2-1-3-22-23(21)29-15-18(14-28)30-22/h1-5,12-13,18,25,28H,6-11,14-15H2. The number of benzene rings is 2. The lowest BCUT2D eigenvalue weighted by atomic mass is 10.1. The van der Waals surface area contributed by atoms with E-state index in [1.54, 1.807) is 0 Å². The van der Waals surface area contributed by atoms with Crippen molar-refractivity contribution in [1.29, 1.82) is 0 Å². The molecule has 5 rings (SSSR count). The molecule has 6 nitrogen and oxygen atoms in total. The van der Waals surface area contributed by atoms with Crippen LogP contribution in [0.4, 0.5) is 5.69 Å². The number of hydrogen-bond acceptors (Lipinski definition) is 5. The van der Waals surface area contributed by atoms with Gasteiger partial charge < -0.3 is 24.5 Å². The second-order valence-corrected chi connectivity index (χ2v) is 8.36. The first kappa shape index (κ1) is 19.5. The quantitative estimate of drug-likeness (QED) is 0.654. The van der Waals surface area contributed by atoms with Crippen molar-refractivity contribution in [3.63, 3.8) is 0 Å². The van der Waals surface area contributed by atoms with Crippen molar-refractivity contribution in [3.8, 4) is 11.5 Å². The number of anilines is 1. The number of aromatic amines is 1. The smallest absolute Gasteiger partial charge is 0.184 e. The predicted molar refractivity (Wildman–Crippen MR) is 119 cm³/mol. The maximum absolute atomic E-state index is 9.32. The number of fused-ring (bicyclic) bond motifs is 2. The lowest BCUT2D eigenvalue weighted by Gasteiger charge is -2.38. The predicted octanol–water partition coefficient (Wildman–Crippen LogP) is 3.32. The van der Waals surface area contributed by atoms with E-state index in [2.05, 4.69) is 33.1 Å². The van der Waals surface area contributed by atoms with Gasteiger partial charge in [0.2, 0.25) is 0 Å². The lowest BCUT2D eigenvalue weighted by molar-refractivity contribution is 0.0459. The van der Waals surface area contributed by atoms with E-state index in [0.717, 1.165) is 66.9 Å². The first-order valence-corrected chi connectivity index (χ1v) is 10.8. The molecule has 2 N–H and O–H groups in total. The summed E-state index contributed by atoms with van der Waals surface area (Å²) in [5, 5.41) is 11.3. The fraction of sp³-hybridized carbons (Fsp3) is 0.391. The highest BCUT2D eigenvalue weighted by Crippen LogP contribution is 2.40. The molecule has 0 amide bonds. The second-order valence-electron chi connectivity index (χ2n) is 7.92. The SMILES string of the molecule is OCC1COc2c(cccc2N2CCN(CCc3c[nH]c4cc(Cl)ccc34)CC2)O1. The monoisotopic (exact) mass is 427 g/mol. The van der Waals surface area contributed by atoms with Crippen molar-refractivity contribution in [2.45, 2.75) is 12.5 Å². The Morgan fingerprint density at radius 2 is 2.00 bits per heavy atom. The first-order valence-electron chi connectivity index (χ1n) is 10.5. The molecule has 2 aliphatic heterocycles. The third-order valence-corrected chi connectivity index (χ3v) is 6.24. The Morgan fingerprint density at radius 3 is 2.83 bits per heavy atom. The fourth-order valence-corrected chi connectivity index (χ4v) is 4.50. The van der Waals surface area contributed by atoms with E-state index in [4.69, 9.17) is 21.1 Å². The zero-order chi connectivity index (χ0) is 20.5. The van der Waals surface area contributed by atoms with Crippen LogP contribution in [0.15, 0.2) is 42.6 Å². The summed E-state index contributed by atoms with van der Waals surface area (Å²) < 4.78 is 11.8. The number of hydrogen-bond donors (Lipinski definition) is 2. The Hall–Kier alpha value is -2.41. The zero-order valence-electron chi connectivity index (χ0n) is 16.8. The van der Waals surface area contributed by atoms with E-state index in [0.29, 0.717) is 6.61 Å². The Kier molecular flexibility index (Phi) is 5.46. The van der Waals surface area contributed by atoms with Gasteiger partial charge in [-0.2, -0.15) is 0 Å². The highest BCUT2D eigenvalue weighted by molar-refractivity contribution is 6.31. The number of aliphatic hydroxyl groups excluding tert-OH is 1. The minimum Gasteiger partial charge on any atom is -0.484 e. The van der Waals surface area contributed by atoms with Crippen LogP contribution in [0, 0.1) is 0 Å². The number of ether oxygens (including phenoxy) is 2. The summed E-state index contributed by atoms with van der Waals surface area (Å²) in [4.78, 5) is 8.21. The summed E-state index contributed by atoms with van der Waals surface area (Å²) >= 11 is 6.09. The van der Waals surface area contributed by atoms with Gasteiger partial charge in [-0.25, -0.2) is 0 Å². The normalized spacial score (nSPS) is 19.4. The number of H-pyrrole nitrogens is 1. The summed E-state index contributed by atoms with van der Waals surface area (Å²) in [6.45, 7) is 5.31. The molecule has 3 aromatic rings. The van der Waals surface area contributed by atoms with Crippen LogP contribution in [-0.2, 0) is 6.42 Å². The van der Waals surface area contributed by atoms with Gasteiger partial charge in [-0.05, 0) is 36.2 Å². The number of nitrogens with zero attached hydrogens (tertiary/aromatic N) is 2. The van der Waals surface area contributed by atoms with E-state index in [1.165, 1.54) is 10.9 Å². The summed E-state index contributed by atoms with van der Waals surface area (Å²) in [5.74, 6) is 1.52. The Bertz CT molecular complexity index is 1030. The maximum Gasteiger partial charge on any atom is 0.184 e. The molecule has 0 radical (unpaired) electrons. The summed E-state index contributed by atoms with van der Waals surface area (Å²) in [7, 11) is 0. The van der Waals surface area contributed by atoms with Crippen LogP contribution in [0.3, 0.4) is 0 Å². The van der Waals surface area contributed by atoms with E-state index >= 15 is 0 Å². The second kappa shape index (κ2) is 8.38. The van der Waals surface area contributed by atoms with E-state index in [1.807, 2.05) is 24.3 Å². The molecular formula is C23H26ClN3O3. The molecule has 2 aromatic carbocycles. The molecule has 2 aliphatic rings. The van der Waals surface area contributed by atoms with Crippen LogP contribution in [0.1, 0.15) is 5.56 Å². The fourth-order valence-electron chi connectivity index (χ4n) is 4.33. The van der Waals surface area contributed by atoms with Crippen molar-refractivity contribution in [2.24, 2.45) is 0 Å². The number of aliphatic hydroxyl groups is 1. The van der Waals surface area contributed by atoms with Gasteiger partial charge in [0.25, 0.3) is 0 Å². The molecule has 158 valence electrons. The number of halogens is 1. The molecule has 1 atom stereocenters. The van der Waals surface area contributed by atoms with E-state index in [9.17, 15) is 5.11 Å². The minimum absolute atomic E-state index is 0.0359. The van der Waals surface area contributed by atoms with E-state index in [-0.39, 0.29) is 12.7 Å². The summed E-state index contributed by atoms with van der Waals surface area (Å²) in [6, 6.07) is 12.0. The number of para-hydroxylation sites is 1. The van der Waals surface area contributed by atoms with Crippen molar-refractivity contribution in [1.82, 2.24) is 9.88 Å². The molecule has 30 heavy (non-hydrogen) atoms. The molecule has 1 saturated heterocycles. The van der Waals surface area contributed by atoms with Gasteiger partial charge >= 0.3 is 0 Å². The Morgan fingerprint density at radius 1 is 1.13 bits per heavy atom. The van der Waals surface area contributed by atoms with Crippen molar-refractivity contribution < 1.29 is 14.6 Å². The number of rotatable bonds is 5. The number of nitrogens with one attached hydrogen (secondary N) is 1. The van der Waals surface area contributed by atoms with Crippen molar-refractivity contribution >= 4 is 28.2 Å². The molecule has 0 saturated carbocycles. The van der Waals surface area contributed by atoms with Gasteiger partial charge in [0.05, 0.1) is 12.3 Å². The molecule has 1 unspecified atom stereocenters. The molecule has 7 heteroatoms. The Labute approximate surface area is 180 Å². The van der Waals surface area contributed by atoms with Gasteiger partial charge in [-0.3, -0.25) is 4.90 Å². The number of aromatic nitrogens is 1. The van der Waals surface area contributed by atoms with Gasteiger partial charge in [-0.1, -0.05) is 23.7 Å². The molecule has 1 aromatic heterocycles. The highest BCUT2D eigenvalue weighted by atomic mass is 35.5. The maximum atomic E-state index is 9.32. The summed E-state index contributed by atoms with van der Waals surface area (Å²) in [6.07, 6.45) is 2.83. The molecule has 1 fully saturated rings. The van der Waals surface area contributed by atoms with Crippen LogP contribution in [0.25, 0.3) is 10.9 Å². The van der Waals surface area contributed by atoms with Crippen molar-refractivity contribution in [3.05, 3.63) is 53.2 Å². The zero-order valence-corrected chi connectivity index (χ0v) is 17.6. The first-order chi connectivity index (χ1) is 14.7. The van der Waals surface area contributed by atoms with Gasteiger partial charge in [0.1, 0.15) is 6.61 Å². The van der Waals surface area contributed by atoms with Crippen LogP contribution in [-0.4, -0.2) is 67.0 Å². The van der Waals surface area contributed by atoms with Gasteiger partial charge in [0.15, 0.2) is 17.6 Å². The molecule has 0 spiro atoms. The van der Waals surface area contributed by atoms with Crippen LogP contribution in [0.2, 0.25) is 5.02 Å². The van der Waals surface area contributed by atoms with Gasteiger partial charge in [-0.15, -0.1) is 0 Å². The third kappa shape index (κ3) is 3.83. The topological polar surface area (TPSA) is 61.0 Å². The van der Waals surface area contributed by atoms with Crippen molar-refractivity contribution in [2.75, 3.05) is 50.8 Å². The number of piperazine rings is 1. The lowest BCUT2D eigenvalue weighted by Crippen LogP contribution is -2.47. The summed E-state index contributed by atoms with van der Waals surface area (Å²) in [5.41, 5.74) is 3.52. The average molecular weight is 428 g/mol. The largest absolute Gasteiger partial charge is 0.484 e. The Balaban J connectivity index is 1.20. The molecule has 3 heterocycles. The van der Waals surface area contributed by atoms with Crippen LogP contribution in [0.5, 0.6) is 11.5 Å². The molecular weight excluding hydrogens is 402 g/mol. The molecule has 0 bridgehead atoms. The van der Waals surface area contributed by atoms with E-state index < -0.39 is 0 Å². The third-order valence-electron chi connectivity index (χ3n) is 6.01. The van der Waals surface area contributed by atoms with Crippen LogP contribution >= 0.6 is 11.6 Å².